The summed E-state index contributed by atoms with van der Waals surface area (Å²) >= 11 is 1.40. The first-order valence-corrected chi connectivity index (χ1v) is 9.82. The number of hydrogen-bond donors (Lipinski definition) is 1. The van der Waals surface area contributed by atoms with Crippen LogP contribution in [0.4, 0.5) is 5.69 Å². The molecule has 0 aliphatic rings. The first kappa shape index (κ1) is 18.4. The third kappa shape index (κ3) is 3.20. The van der Waals surface area contributed by atoms with E-state index in [4.69, 9.17) is 9.15 Å². The normalized spacial score (nSPS) is 12.4. The number of ether oxygens (including phenoxy) is 1. The van der Waals surface area contributed by atoms with Crippen LogP contribution in [-0.2, 0) is 4.79 Å². The number of hydrogen-bond acceptors (Lipinski definition) is 6. The number of furan rings is 1. The molecule has 0 aliphatic carbocycles. The molecule has 4 aromatic rings. The van der Waals surface area contributed by atoms with E-state index in [9.17, 15) is 4.79 Å². The number of carbonyl (C=O) groups excluding carboxylic acids is 1. The highest BCUT2D eigenvalue weighted by Crippen LogP contribution is 2.33. The highest BCUT2D eigenvalue weighted by Gasteiger charge is 2.23. The molecule has 144 valence electrons. The number of para-hydroxylation sites is 2. The van der Waals surface area contributed by atoms with E-state index in [-0.39, 0.29) is 11.2 Å². The van der Waals surface area contributed by atoms with Crippen molar-refractivity contribution >= 4 is 40.0 Å². The van der Waals surface area contributed by atoms with Crippen LogP contribution in [0.15, 0.2) is 52.1 Å². The van der Waals surface area contributed by atoms with Crippen molar-refractivity contribution in [2.75, 3.05) is 12.4 Å². The highest BCUT2D eigenvalue weighted by atomic mass is 32.2. The molecule has 28 heavy (non-hydrogen) atoms. The number of thioether (sulfide) groups is 1. The number of anilines is 1. The van der Waals surface area contributed by atoms with Crippen LogP contribution in [0.1, 0.15) is 19.2 Å². The van der Waals surface area contributed by atoms with E-state index in [1.165, 1.54) is 11.8 Å². The molecule has 0 fully saturated rings. The van der Waals surface area contributed by atoms with Crippen molar-refractivity contribution in [3.8, 4) is 5.75 Å². The molecular formula is C20H20N4O3S. The highest BCUT2D eigenvalue weighted by molar-refractivity contribution is 8.00. The predicted molar refractivity (Wildman–Crippen MR) is 109 cm³/mol. The third-order valence-corrected chi connectivity index (χ3v) is 5.88. The molecular weight excluding hydrogens is 376 g/mol. The monoisotopic (exact) mass is 396 g/mol. The summed E-state index contributed by atoms with van der Waals surface area (Å²) in [7, 11) is 1.58. The van der Waals surface area contributed by atoms with Crippen molar-refractivity contribution in [3.63, 3.8) is 0 Å². The summed E-state index contributed by atoms with van der Waals surface area (Å²) in [6, 6.07) is 11.2. The van der Waals surface area contributed by atoms with Crippen molar-refractivity contribution in [1.82, 2.24) is 14.6 Å². The number of fused-ring (bicyclic) bond motifs is 3. The molecule has 0 bridgehead atoms. The molecule has 0 spiro atoms. The Labute approximate surface area is 166 Å². The molecule has 8 heteroatoms. The fraction of sp³-hybridized carbons (Fsp3) is 0.250. The standard InChI is InChI=1S/C20H20N4O3S/c1-4-18(19(25)21-13-7-5-6-8-16(13)26-3)28-20-15-11-17-14(9-10-27-17)24(15)12(2)22-23-20/h5-11,18H,4H2,1-3H3,(H,21,25)/t18-/m0/s1. The van der Waals surface area contributed by atoms with E-state index >= 15 is 0 Å². The van der Waals surface area contributed by atoms with E-state index in [0.717, 1.165) is 22.4 Å². The number of nitrogens with zero attached hydrogens (tertiary/aromatic N) is 3. The Morgan fingerprint density at radius 1 is 1.29 bits per heavy atom. The van der Waals surface area contributed by atoms with Gasteiger partial charge in [-0.1, -0.05) is 30.8 Å². The third-order valence-electron chi connectivity index (χ3n) is 4.53. The molecule has 4 rings (SSSR count). The Morgan fingerprint density at radius 2 is 2.11 bits per heavy atom. The van der Waals surface area contributed by atoms with Crippen LogP contribution in [0.5, 0.6) is 5.75 Å². The quantitative estimate of drug-likeness (QED) is 0.489. The van der Waals surface area contributed by atoms with Crippen molar-refractivity contribution in [3.05, 3.63) is 48.5 Å². The largest absolute Gasteiger partial charge is 0.495 e. The van der Waals surface area contributed by atoms with Crippen LogP contribution >= 0.6 is 11.8 Å². The predicted octanol–water partition coefficient (Wildman–Crippen LogP) is 4.30. The van der Waals surface area contributed by atoms with Gasteiger partial charge >= 0.3 is 0 Å². The van der Waals surface area contributed by atoms with E-state index in [2.05, 4.69) is 15.5 Å². The van der Waals surface area contributed by atoms with Crippen molar-refractivity contribution in [2.24, 2.45) is 0 Å². The van der Waals surface area contributed by atoms with Crippen molar-refractivity contribution in [1.29, 1.82) is 0 Å². The maximum atomic E-state index is 12.9. The zero-order valence-electron chi connectivity index (χ0n) is 15.8. The molecule has 0 saturated heterocycles. The lowest BCUT2D eigenvalue weighted by Crippen LogP contribution is -2.25. The van der Waals surface area contributed by atoms with E-state index in [1.807, 2.05) is 54.6 Å². The summed E-state index contributed by atoms with van der Waals surface area (Å²) in [5.41, 5.74) is 3.24. The van der Waals surface area contributed by atoms with Gasteiger partial charge in [-0.15, -0.1) is 10.2 Å². The second kappa shape index (κ2) is 7.55. The van der Waals surface area contributed by atoms with Crippen LogP contribution in [0.3, 0.4) is 0 Å². The molecule has 1 atom stereocenters. The van der Waals surface area contributed by atoms with Gasteiger partial charge in [0.1, 0.15) is 16.6 Å². The summed E-state index contributed by atoms with van der Waals surface area (Å²) in [6.07, 6.45) is 2.30. The van der Waals surface area contributed by atoms with Crippen LogP contribution in [-0.4, -0.2) is 32.9 Å². The molecule has 0 unspecified atom stereocenters. The fourth-order valence-corrected chi connectivity index (χ4v) is 4.11. The number of aromatic nitrogens is 3. The second-order valence-corrected chi connectivity index (χ2v) is 7.48. The van der Waals surface area contributed by atoms with Gasteiger partial charge in [-0.2, -0.15) is 0 Å². The van der Waals surface area contributed by atoms with Gasteiger partial charge in [-0.05, 0) is 25.5 Å². The van der Waals surface area contributed by atoms with Gasteiger partial charge < -0.3 is 14.5 Å². The summed E-state index contributed by atoms with van der Waals surface area (Å²) in [4.78, 5) is 12.9. The second-order valence-electron chi connectivity index (χ2n) is 6.29. The Hall–Kier alpha value is -3.00. The number of rotatable bonds is 6. The number of aryl methyl sites for hydroxylation is 1. The zero-order chi connectivity index (χ0) is 19.7. The summed E-state index contributed by atoms with van der Waals surface area (Å²) < 4.78 is 12.8. The number of methoxy groups -OCH3 is 1. The van der Waals surface area contributed by atoms with Gasteiger partial charge in [0.2, 0.25) is 5.91 Å². The Kier molecular flexibility index (Phi) is 4.95. The molecule has 0 radical (unpaired) electrons. The van der Waals surface area contributed by atoms with E-state index < -0.39 is 0 Å². The first-order chi connectivity index (χ1) is 13.6. The molecule has 0 saturated carbocycles. The Balaban J connectivity index is 1.63. The average molecular weight is 396 g/mol. The fourth-order valence-electron chi connectivity index (χ4n) is 3.15. The minimum absolute atomic E-state index is 0.104. The topological polar surface area (TPSA) is 81.7 Å². The number of carbonyl (C=O) groups is 1. The molecule has 1 amide bonds. The Bertz CT molecular complexity index is 1150. The van der Waals surface area contributed by atoms with E-state index in [0.29, 0.717) is 22.9 Å². The lowest BCUT2D eigenvalue weighted by atomic mass is 10.2. The molecule has 3 heterocycles. The maximum absolute atomic E-state index is 12.9. The summed E-state index contributed by atoms with van der Waals surface area (Å²) in [5.74, 6) is 1.29. The van der Waals surface area contributed by atoms with Crippen LogP contribution in [0, 0.1) is 6.92 Å². The van der Waals surface area contributed by atoms with E-state index in [1.54, 1.807) is 13.4 Å². The zero-order valence-corrected chi connectivity index (χ0v) is 16.6. The number of nitrogens with one attached hydrogen (secondary N) is 1. The minimum atomic E-state index is -0.327. The van der Waals surface area contributed by atoms with Crippen LogP contribution < -0.4 is 10.1 Å². The molecule has 7 nitrogen and oxygen atoms in total. The maximum Gasteiger partial charge on any atom is 0.238 e. The van der Waals surface area contributed by atoms with Crippen LogP contribution in [0.2, 0.25) is 0 Å². The smallest absolute Gasteiger partial charge is 0.238 e. The van der Waals surface area contributed by atoms with Crippen molar-refractivity contribution < 1.29 is 13.9 Å². The van der Waals surface area contributed by atoms with Gasteiger partial charge in [-0.3, -0.25) is 9.20 Å². The number of amides is 1. The molecule has 0 aliphatic heterocycles. The molecule has 3 aromatic heterocycles. The Morgan fingerprint density at radius 3 is 2.89 bits per heavy atom. The SMILES string of the molecule is CC[C@H](Sc1nnc(C)n2c1cc1occc12)C(=O)Nc1ccccc1OC. The van der Waals surface area contributed by atoms with Gasteiger partial charge in [0.25, 0.3) is 0 Å². The minimum Gasteiger partial charge on any atom is -0.495 e. The lowest BCUT2D eigenvalue weighted by Gasteiger charge is -2.16. The summed E-state index contributed by atoms with van der Waals surface area (Å²) in [5, 5.41) is 11.9. The summed E-state index contributed by atoms with van der Waals surface area (Å²) in [6.45, 7) is 3.87. The first-order valence-electron chi connectivity index (χ1n) is 8.94. The van der Waals surface area contributed by atoms with Gasteiger partial charge in [0.15, 0.2) is 5.58 Å². The van der Waals surface area contributed by atoms with Gasteiger partial charge in [0, 0.05) is 12.1 Å². The average Bonchev–Trinajstić information content (AvgIpc) is 3.29. The van der Waals surface area contributed by atoms with Crippen molar-refractivity contribution in [2.45, 2.75) is 30.5 Å². The van der Waals surface area contributed by atoms with Gasteiger partial charge in [0.05, 0.1) is 35.3 Å². The van der Waals surface area contributed by atoms with Gasteiger partial charge in [-0.25, -0.2) is 0 Å². The van der Waals surface area contributed by atoms with Crippen LogP contribution in [0.25, 0.3) is 16.6 Å². The molecule has 1 aromatic carbocycles. The number of benzene rings is 1. The lowest BCUT2D eigenvalue weighted by molar-refractivity contribution is -0.115. The molecule has 1 N–H and O–H groups in total.